The van der Waals surface area contributed by atoms with E-state index < -0.39 is 13.9 Å². The molecule has 5 heteroatoms. The van der Waals surface area contributed by atoms with Gasteiger partial charge in [-0.25, -0.2) is 4.57 Å². The van der Waals surface area contributed by atoms with Crippen LogP contribution in [0.1, 0.15) is 78.6 Å². The van der Waals surface area contributed by atoms with E-state index in [1.807, 2.05) is 6.08 Å². The molecule has 2 N–H and O–H groups in total. The molecule has 0 aliphatic heterocycles. The lowest BCUT2D eigenvalue weighted by atomic mass is 9.99. The van der Waals surface area contributed by atoms with Crippen LogP contribution in [0.5, 0.6) is 0 Å². The molecule has 0 heterocycles. The first-order valence-electron chi connectivity index (χ1n) is 7.86. The Balaban J connectivity index is 4.76. The Morgan fingerprint density at radius 3 is 1.95 bits per heavy atom. The lowest BCUT2D eigenvalue weighted by molar-refractivity contribution is 0.153. The molecular formula is C15H31O4P. The molecule has 0 aromatic heterocycles. The van der Waals surface area contributed by atoms with Crippen molar-refractivity contribution in [1.29, 1.82) is 0 Å². The van der Waals surface area contributed by atoms with Crippen LogP contribution in [0.2, 0.25) is 0 Å². The first kappa shape index (κ1) is 19.9. The minimum Gasteiger partial charge on any atom is -0.303 e. The molecule has 0 spiro atoms. The summed E-state index contributed by atoms with van der Waals surface area (Å²) < 4.78 is 16.0. The molecule has 120 valence electrons. The molecule has 0 aromatic rings. The number of allylic oxidation sites excluding steroid dienone is 1. The minimum absolute atomic E-state index is 0.459. The highest BCUT2D eigenvalue weighted by Crippen LogP contribution is 2.39. The van der Waals surface area contributed by atoms with Crippen LogP contribution in [-0.4, -0.2) is 15.9 Å². The Morgan fingerprint density at radius 1 is 1.05 bits per heavy atom. The van der Waals surface area contributed by atoms with Crippen LogP contribution in [0.15, 0.2) is 11.6 Å². The van der Waals surface area contributed by atoms with Crippen LogP contribution in [0, 0.1) is 0 Å². The molecule has 0 amide bonds. The van der Waals surface area contributed by atoms with Crippen molar-refractivity contribution in [1.82, 2.24) is 0 Å². The van der Waals surface area contributed by atoms with Crippen molar-refractivity contribution in [3.8, 4) is 0 Å². The second-order valence-corrected chi connectivity index (χ2v) is 6.50. The molecule has 0 aliphatic rings. The maximum atomic E-state index is 11.1. The van der Waals surface area contributed by atoms with Gasteiger partial charge in [0.15, 0.2) is 0 Å². The number of hydrogen-bond acceptors (Lipinski definition) is 2. The monoisotopic (exact) mass is 306 g/mol. The average molecular weight is 306 g/mol. The van der Waals surface area contributed by atoms with Crippen molar-refractivity contribution in [3.05, 3.63) is 11.6 Å². The number of rotatable bonds is 12. The summed E-state index contributed by atoms with van der Waals surface area (Å²) in [6, 6.07) is 0. The maximum Gasteiger partial charge on any atom is 0.470 e. The van der Waals surface area contributed by atoms with Gasteiger partial charge < -0.3 is 9.79 Å². The van der Waals surface area contributed by atoms with E-state index in [-0.39, 0.29) is 0 Å². The van der Waals surface area contributed by atoms with E-state index in [0.717, 1.165) is 51.4 Å². The second kappa shape index (κ2) is 11.5. The van der Waals surface area contributed by atoms with Crippen LogP contribution in [0.4, 0.5) is 0 Å². The van der Waals surface area contributed by atoms with Crippen molar-refractivity contribution >= 4 is 7.82 Å². The lowest BCUT2D eigenvalue weighted by Crippen LogP contribution is -2.09. The Bertz CT molecular complexity index is 299. The summed E-state index contributed by atoms with van der Waals surface area (Å²) >= 11 is 0. The number of unbranched alkanes of at least 4 members (excludes halogenated alkanes) is 3. The van der Waals surface area contributed by atoms with E-state index in [9.17, 15) is 4.57 Å². The molecule has 0 aliphatic carbocycles. The van der Waals surface area contributed by atoms with Gasteiger partial charge in [0.2, 0.25) is 0 Å². The number of phosphoric ester groups is 1. The van der Waals surface area contributed by atoms with Gasteiger partial charge in [0, 0.05) is 0 Å². The van der Waals surface area contributed by atoms with Crippen LogP contribution in [-0.2, 0) is 9.09 Å². The summed E-state index contributed by atoms with van der Waals surface area (Å²) in [7, 11) is -4.41. The van der Waals surface area contributed by atoms with Crippen LogP contribution in [0.3, 0.4) is 0 Å². The van der Waals surface area contributed by atoms with Gasteiger partial charge >= 0.3 is 7.82 Å². The molecule has 0 saturated heterocycles. The third kappa shape index (κ3) is 11.7. The fourth-order valence-electron chi connectivity index (χ4n) is 2.11. The first-order chi connectivity index (χ1) is 9.42. The van der Waals surface area contributed by atoms with E-state index in [0.29, 0.717) is 6.42 Å². The Morgan fingerprint density at radius 2 is 1.55 bits per heavy atom. The Labute approximate surface area is 123 Å². The highest BCUT2D eigenvalue weighted by molar-refractivity contribution is 7.46. The molecular weight excluding hydrogens is 275 g/mol. The van der Waals surface area contributed by atoms with Gasteiger partial charge in [0.25, 0.3) is 0 Å². The largest absolute Gasteiger partial charge is 0.470 e. The molecule has 20 heavy (non-hydrogen) atoms. The summed E-state index contributed by atoms with van der Waals surface area (Å²) in [6.07, 6.45) is 10.6. The smallest absolute Gasteiger partial charge is 0.303 e. The zero-order valence-corrected chi connectivity index (χ0v) is 14.1. The molecule has 0 radical (unpaired) electrons. The first-order valence-corrected chi connectivity index (χ1v) is 9.39. The zero-order chi connectivity index (χ0) is 15.4. The molecule has 1 atom stereocenters. The third-order valence-electron chi connectivity index (χ3n) is 3.24. The maximum absolute atomic E-state index is 11.1. The summed E-state index contributed by atoms with van der Waals surface area (Å²) in [5.74, 6) is 0. The van der Waals surface area contributed by atoms with Crippen molar-refractivity contribution in [2.45, 2.75) is 84.7 Å². The lowest BCUT2D eigenvalue weighted by Gasteiger charge is -2.17. The molecule has 4 nitrogen and oxygen atoms in total. The van der Waals surface area contributed by atoms with E-state index >= 15 is 0 Å². The van der Waals surface area contributed by atoms with E-state index in [4.69, 9.17) is 14.3 Å². The molecule has 0 saturated carbocycles. The summed E-state index contributed by atoms with van der Waals surface area (Å²) in [6.45, 7) is 6.36. The molecule has 0 aromatic carbocycles. The van der Waals surface area contributed by atoms with E-state index in [2.05, 4.69) is 20.8 Å². The van der Waals surface area contributed by atoms with Crippen LogP contribution < -0.4 is 0 Å². The quantitative estimate of drug-likeness (QED) is 0.395. The van der Waals surface area contributed by atoms with Gasteiger partial charge in [-0.2, -0.15) is 0 Å². The molecule has 1 unspecified atom stereocenters. The van der Waals surface area contributed by atoms with Gasteiger partial charge in [-0.15, -0.1) is 0 Å². The van der Waals surface area contributed by atoms with Gasteiger partial charge in [-0.05, 0) is 32.1 Å². The summed E-state index contributed by atoms with van der Waals surface area (Å²) in [5.41, 5.74) is 1.28. The van der Waals surface area contributed by atoms with Crippen molar-refractivity contribution in [3.63, 3.8) is 0 Å². The third-order valence-corrected chi connectivity index (χ3v) is 3.78. The normalized spacial score (nSPS) is 13.2. The summed E-state index contributed by atoms with van der Waals surface area (Å²) in [4.78, 5) is 18.0. The average Bonchev–Trinajstić information content (AvgIpc) is 2.37. The highest BCUT2D eigenvalue weighted by atomic mass is 31.2. The topological polar surface area (TPSA) is 66.8 Å². The Hall–Kier alpha value is -0.150. The van der Waals surface area contributed by atoms with Gasteiger partial charge in [0.05, 0.1) is 6.10 Å². The van der Waals surface area contributed by atoms with Gasteiger partial charge in [0.1, 0.15) is 0 Å². The van der Waals surface area contributed by atoms with E-state index in [1.165, 1.54) is 5.57 Å². The molecule has 0 bridgehead atoms. The van der Waals surface area contributed by atoms with Crippen molar-refractivity contribution in [2.24, 2.45) is 0 Å². The number of phosphoric acid groups is 1. The Kier molecular flexibility index (Phi) is 11.4. The predicted molar refractivity (Wildman–Crippen MR) is 83.6 cm³/mol. The molecule has 0 rings (SSSR count). The summed E-state index contributed by atoms with van der Waals surface area (Å²) in [5, 5.41) is 0. The SMILES string of the molecule is CCCCC(=CC(CCCC)OP(=O)(O)O)CCCC. The van der Waals surface area contributed by atoms with Gasteiger partial charge in [-0.3, -0.25) is 4.52 Å². The standard InChI is InChI=1S/C15H31O4P/c1-4-7-10-14(11-8-5-2)13-15(12-9-6-3)19-20(16,17)18/h13,15H,4-12H2,1-3H3,(H2,16,17,18). The van der Waals surface area contributed by atoms with Gasteiger partial charge in [-0.1, -0.05) is 58.1 Å². The predicted octanol–water partition coefficient (Wildman–Crippen LogP) is 4.96. The minimum atomic E-state index is -4.41. The van der Waals surface area contributed by atoms with Crippen LogP contribution in [0.25, 0.3) is 0 Å². The highest BCUT2D eigenvalue weighted by Gasteiger charge is 2.20. The van der Waals surface area contributed by atoms with Crippen molar-refractivity contribution in [2.75, 3.05) is 0 Å². The zero-order valence-electron chi connectivity index (χ0n) is 13.2. The fraction of sp³-hybridized carbons (Fsp3) is 0.867. The number of hydrogen-bond donors (Lipinski definition) is 2. The molecule has 0 fully saturated rings. The second-order valence-electron chi connectivity index (χ2n) is 5.31. The van der Waals surface area contributed by atoms with Crippen LogP contribution >= 0.6 is 7.82 Å². The fourth-order valence-corrected chi connectivity index (χ4v) is 2.63. The van der Waals surface area contributed by atoms with Crippen molar-refractivity contribution < 1.29 is 18.9 Å². The van der Waals surface area contributed by atoms with E-state index in [1.54, 1.807) is 0 Å².